The van der Waals surface area contributed by atoms with E-state index in [1.165, 1.54) is 18.3 Å². The van der Waals surface area contributed by atoms with Crippen LogP contribution in [0.25, 0.3) is 0 Å². The van der Waals surface area contributed by atoms with E-state index in [9.17, 15) is 13.2 Å². The molecule has 24 heavy (non-hydrogen) atoms. The van der Waals surface area contributed by atoms with Crippen molar-refractivity contribution in [1.82, 2.24) is 15.2 Å². The topological polar surface area (TPSA) is 72.0 Å². The van der Waals surface area contributed by atoms with Crippen LogP contribution >= 0.6 is 0 Å². The summed E-state index contributed by atoms with van der Waals surface area (Å²) >= 11 is 0. The van der Waals surface area contributed by atoms with Gasteiger partial charge >= 0.3 is 6.18 Å². The van der Waals surface area contributed by atoms with Gasteiger partial charge in [-0.1, -0.05) is 0 Å². The minimum atomic E-state index is -4.36. The third-order valence-electron chi connectivity index (χ3n) is 3.56. The Kier molecular flexibility index (Phi) is 4.79. The molecule has 2 N–H and O–H groups in total. The van der Waals surface area contributed by atoms with Gasteiger partial charge in [-0.25, -0.2) is 0 Å². The highest BCUT2D eigenvalue weighted by Crippen LogP contribution is 2.30. The Hall–Kier alpha value is -2.42. The van der Waals surface area contributed by atoms with E-state index in [-0.39, 0.29) is 12.1 Å². The van der Waals surface area contributed by atoms with Gasteiger partial charge in [-0.15, -0.1) is 5.10 Å². The van der Waals surface area contributed by atoms with E-state index >= 15 is 0 Å². The third kappa shape index (κ3) is 4.31. The monoisotopic (exact) mass is 339 g/mol. The van der Waals surface area contributed by atoms with Crippen molar-refractivity contribution in [2.45, 2.75) is 25.1 Å². The van der Waals surface area contributed by atoms with Gasteiger partial charge in [-0.2, -0.15) is 23.3 Å². The number of alkyl halides is 3. The van der Waals surface area contributed by atoms with Gasteiger partial charge in [-0.3, -0.25) is 0 Å². The molecular formula is C15H16F3N5O. The summed E-state index contributed by atoms with van der Waals surface area (Å²) in [4.78, 5) is 4.23. The Balaban J connectivity index is 1.61. The maximum Gasteiger partial charge on any atom is 0.416 e. The van der Waals surface area contributed by atoms with E-state index in [1.54, 1.807) is 0 Å². The van der Waals surface area contributed by atoms with Crippen LogP contribution in [0.2, 0.25) is 0 Å². The molecule has 128 valence electrons. The highest BCUT2D eigenvalue weighted by molar-refractivity contribution is 5.54. The van der Waals surface area contributed by atoms with Gasteiger partial charge in [0.25, 0.3) is 0 Å². The Morgan fingerprint density at radius 3 is 2.67 bits per heavy atom. The minimum absolute atomic E-state index is 0.159. The lowest BCUT2D eigenvalue weighted by atomic mass is 10.2. The van der Waals surface area contributed by atoms with E-state index in [1.807, 2.05) is 0 Å². The molecule has 3 rings (SSSR count). The second-order valence-corrected chi connectivity index (χ2v) is 5.38. The fourth-order valence-corrected chi connectivity index (χ4v) is 2.34. The quantitative estimate of drug-likeness (QED) is 0.871. The van der Waals surface area contributed by atoms with Gasteiger partial charge in [0.05, 0.1) is 17.9 Å². The average molecular weight is 339 g/mol. The average Bonchev–Trinajstić information content (AvgIpc) is 3.06. The summed E-state index contributed by atoms with van der Waals surface area (Å²) in [5, 5.41) is 13.6. The zero-order valence-corrected chi connectivity index (χ0v) is 12.7. The first-order chi connectivity index (χ1) is 11.5. The van der Waals surface area contributed by atoms with Crippen molar-refractivity contribution in [3.05, 3.63) is 36.0 Å². The van der Waals surface area contributed by atoms with Crippen molar-refractivity contribution in [2.75, 3.05) is 23.8 Å². The molecule has 1 aliphatic heterocycles. The largest absolute Gasteiger partial charge is 0.416 e. The van der Waals surface area contributed by atoms with Gasteiger partial charge in [0, 0.05) is 18.8 Å². The molecule has 1 atom stereocenters. The Bertz CT molecular complexity index is 672. The molecule has 1 fully saturated rings. The van der Waals surface area contributed by atoms with Crippen molar-refractivity contribution in [3.63, 3.8) is 0 Å². The van der Waals surface area contributed by atoms with Gasteiger partial charge in [-0.05, 0) is 37.1 Å². The number of hydrogen-bond acceptors (Lipinski definition) is 6. The minimum Gasteiger partial charge on any atom is -0.376 e. The molecule has 9 heteroatoms. The van der Waals surface area contributed by atoms with Crippen LogP contribution in [0.4, 0.5) is 30.6 Å². The first-order valence-electron chi connectivity index (χ1n) is 7.50. The SMILES string of the molecule is FC(F)(F)c1ccc(Nc2nncc(NCC3CCCO3)n2)cc1. The summed E-state index contributed by atoms with van der Waals surface area (Å²) in [6.07, 6.45) is -0.668. The van der Waals surface area contributed by atoms with E-state index < -0.39 is 11.7 Å². The number of rotatable bonds is 5. The summed E-state index contributed by atoms with van der Waals surface area (Å²) in [5.74, 6) is 0.724. The van der Waals surface area contributed by atoms with Crippen molar-refractivity contribution >= 4 is 17.5 Å². The summed E-state index contributed by atoms with van der Waals surface area (Å²) in [6, 6.07) is 4.63. The van der Waals surface area contributed by atoms with Crippen LogP contribution in [0, 0.1) is 0 Å². The highest BCUT2D eigenvalue weighted by atomic mass is 19.4. The van der Waals surface area contributed by atoms with Crippen LogP contribution in [0.1, 0.15) is 18.4 Å². The molecule has 1 unspecified atom stereocenters. The van der Waals surface area contributed by atoms with Crippen LogP contribution < -0.4 is 10.6 Å². The van der Waals surface area contributed by atoms with Gasteiger partial charge in [0.15, 0.2) is 5.82 Å². The number of nitrogens with zero attached hydrogens (tertiary/aromatic N) is 3. The van der Waals surface area contributed by atoms with Crippen molar-refractivity contribution in [1.29, 1.82) is 0 Å². The first-order valence-corrected chi connectivity index (χ1v) is 7.50. The van der Waals surface area contributed by atoms with Crippen molar-refractivity contribution < 1.29 is 17.9 Å². The lowest BCUT2D eigenvalue weighted by Crippen LogP contribution is -2.19. The lowest BCUT2D eigenvalue weighted by molar-refractivity contribution is -0.137. The fourth-order valence-electron chi connectivity index (χ4n) is 2.34. The number of anilines is 3. The normalized spacial score (nSPS) is 17.7. The summed E-state index contributed by atoms with van der Waals surface area (Å²) in [6.45, 7) is 1.40. The molecular weight excluding hydrogens is 323 g/mol. The predicted molar refractivity (Wildman–Crippen MR) is 82.0 cm³/mol. The highest BCUT2D eigenvalue weighted by Gasteiger charge is 2.29. The molecule has 1 saturated heterocycles. The van der Waals surface area contributed by atoms with E-state index in [2.05, 4.69) is 25.8 Å². The molecule has 6 nitrogen and oxygen atoms in total. The lowest BCUT2D eigenvalue weighted by Gasteiger charge is -2.12. The maximum atomic E-state index is 12.5. The number of nitrogens with one attached hydrogen (secondary N) is 2. The van der Waals surface area contributed by atoms with E-state index in [0.29, 0.717) is 18.1 Å². The number of halogens is 3. The first kappa shape index (κ1) is 16.4. The zero-order chi connectivity index (χ0) is 17.0. The van der Waals surface area contributed by atoms with Gasteiger partial charge in [0.1, 0.15) is 0 Å². The number of benzene rings is 1. The molecule has 0 saturated carbocycles. The molecule has 0 radical (unpaired) electrons. The fraction of sp³-hybridized carbons (Fsp3) is 0.400. The maximum absolute atomic E-state index is 12.5. The summed E-state index contributed by atoms with van der Waals surface area (Å²) < 4.78 is 43.1. The van der Waals surface area contributed by atoms with Gasteiger partial charge in [0.2, 0.25) is 5.95 Å². The smallest absolute Gasteiger partial charge is 0.376 e. The van der Waals surface area contributed by atoms with Gasteiger partial charge < -0.3 is 15.4 Å². The molecule has 0 aliphatic carbocycles. The molecule has 0 spiro atoms. The second-order valence-electron chi connectivity index (χ2n) is 5.38. The molecule has 1 aliphatic rings. The molecule has 1 aromatic carbocycles. The van der Waals surface area contributed by atoms with Crippen LogP contribution in [0.3, 0.4) is 0 Å². The summed E-state index contributed by atoms with van der Waals surface area (Å²) in [5.41, 5.74) is -0.264. The zero-order valence-electron chi connectivity index (χ0n) is 12.7. The Labute approximate surface area is 136 Å². The standard InChI is InChI=1S/C15H16F3N5O/c16-15(17,18)10-3-5-11(6-4-10)21-14-22-13(9-20-23-14)19-8-12-2-1-7-24-12/h3-6,9,12H,1-2,7-8H2,(H2,19,21,22,23). The van der Waals surface area contributed by atoms with E-state index in [0.717, 1.165) is 31.6 Å². The molecule has 0 amide bonds. The molecule has 2 aromatic rings. The Morgan fingerprint density at radius 2 is 2.00 bits per heavy atom. The molecule has 2 heterocycles. The van der Waals surface area contributed by atoms with Crippen LogP contribution in [-0.4, -0.2) is 34.4 Å². The van der Waals surface area contributed by atoms with E-state index in [4.69, 9.17) is 4.74 Å². The number of aromatic nitrogens is 3. The number of hydrogen-bond donors (Lipinski definition) is 2. The summed E-state index contributed by atoms with van der Waals surface area (Å²) in [7, 11) is 0. The van der Waals surface area contributed by atoms with Crippen molar-refractivity contribution in [2.24, 2.45) is 0 Å². The van der Waals surface area contributed by atoms with Crippen molar-refractivity contribution in [3.8, 4) is 0 Å². The second kappa shape index (κ2) is 7.00. The molecule has 1 aromatic heterocycles. The van der Waals surface area contributed by atoms with Crippen LogP contribution in [-0.2, 0) is 10.9 Å². The molecule has 0 bridgehead atoms. The Morgan fingerprint density at radius 1 is 1.21 bits per heavy atom. The van der Waals surface area contributed by atoms with Crippen LogP contribution in [0.5, 0.6) is 0 Å². The number of ether oxygens (including phenoxy) is 1. The third-order valence-corrected chi connectivity index (χ3v) is 3.56. The predicted octanol–water partition coefficient (Wildman–Crippen LogP) is 3.22. The van der Waals surface area contributed by atoms with Crippen LogP contribution in [0.15, 0.2) is 30.5 Å².